The summed E-state index contributed by atoms with van der Waals surface area (Å²) in [5.41, 5.74) is 9.54. The normalized spacial score (nSPS) is 25.7. The van der Waals surface area contributed by atoms with E-state index >= 15 is 0 Å². The summed E-state index contributed by atoms with van der Waals surface area (Å²) in [6.07, 6.45) is 10.5. The third kappa shape index (κ3) is 29.5. The molecule has 1 saturated heterocycles. The maximum Gasteiger partial charge on any atom is 0.309 e. The first-order valence-electron chi connectivity index (χ1n) is 17.1. The van der Waals surface area contributed by atoms with E-state index in [1.54, 1.807) is 0 Å². The van der Waals surface area contributed by atoms with Crippen molar-refractivity contribution < 1.29 is 29.0 Å². The first kappa shape index (κ1) is 50.2. The maximum atomic E-state index is 11.9. The molecule has 2 aliphatic carbocycles. The number of hydrogen-bond donors (Lipinski definition) is 4. The van der Waals surface area contributed by atoms with Gasteiger partial charge in [-0.1, -0.05) is 13.8 Å². The van der Waals surface area contributed by atoms with Gasteiger partial charge in [-0.2, -0.15) is 0 Å². The number of carboxylic acid groups (broad SMARTS) is 1. The van der Waals surface area contributed by atoms with Crippen molar-refractivity contribution in [3.8, 4) is 0 Å². The van der Waals surface area contributed by atoms with Crippen LogP contribution in [-0.4, -0.2) is 83.1 Å². The third-order valence-corrected chi connectivity index (χ3v) is 8.44. The van der Waals surface area contributed by atoms with Gasteiger partial charge in [0.1, 0.15) is 11.2 Å². The molecule has 12 heteroatoms. The van der Waals surface area contributed by atoms with Crippen molar-refractivity contribution in [1.29, 1.82) is 0 Å². The fourth-order valence-electron chi connectivity index (χ4n) is 5.20. The van der Waals surface area contributed by atoms with Crippen molar-refractivity contribution >= 4 is 41.1 Å². The molecule has 0 bridgehead atoms. The summed E-state index contributed by atoms with van der Waals surface area (Å²) in [4.78, 5) is 35.1. The average Bonchev–Trinajstić information content (AvgIpc) is 3.38. The number of likely N-dealkylation sites (tertiary alicyclic amines) is 1. The Morgan fingerprint density at radius 2 is 1.13 bits per heavy atom. The molecule has 1 heterocycles. The van der Waals surface area contributed by atoms with E-state index in [-0.39, 0.29) is 46.3 Å². The molecule has 282 valence electrons. The molecule has 0 amide bonds. The van der Waals surface area contributed by atoms with E-state index < -0.39 is 11.6 Å². The van der Waals surface area contributed by atoms with Gasteiger partial charge < -0.3 is 37.1 Å². The molecule has 0 aromatic rings. The summed E-state index contributed by atoms with van der Waals surface area (Å²) < 4.78 is 10.8. The number of carboxylic acids is 1. The molecular weight excluding hydrogens is 643 g/mol. The number of alkyl halides is 2. The average molecular weight is 716 g/mol. The molecule has 6 atom stereocenters. The minimum absolute atomic E-state index is 0. The van der Waals surface area contributed by atoms with Crippen molar-refractivity contribution in [2.45, 2.75) is 148 Å². The molecule has 47 heavy (non-hydrogen) atoms. The van der Waals surface area contributed by atoms with Crippen LogP contribution >= 0.6 is 23.2 Å². The molecule has 6 unspecified atom stereocenters. The number of carbonyl (C=O) groups excluding carboxylic acids is 2. The number of nitrogens with zero attached hydrogens (tertiary/aromatic N) is 1. The minimum atomic E-state index is -0.833. The number of unbranched alkanes of at least 4 members (excludes halogenated alkanes) is 1. The Balaban J connectivity index is -0.000000561. The number of ether oxygens (including phenoxy) is 2. The monoisotopic (exact) mass is 714 g/mol. The second-order valence-electron chi connectivity index (χ2n) is 14.9. The highest BCUT2D eigenvalue weighted by Gasteiger charge is 2.35. The summed E-state index contributed by atoms with van der Waals surface area (Å²) in [5.74, 6) is -0.204. The zero-order valence-electron chi connectivity index (χ0n) is 31.4. The molecule has 0 spiro atoms. The van der Waals surface area contributed by atoms with Gasteiger partial charge in [-0.25, -0.2) is 0 Å². The Kier molecular flexibility index (Phi) is 28.5. The Morgan fingerprint density at radius 3 is 1.47 bits per heavy atom. The lowest BCUT2D eigenvalue weighted by Crippen LogP contribution is -2.35. The van der Waals surface area contributed by atoms with E-state index in [1.165, 1.54) is 25.9 Å². The van der Waals surface area contributed by atoms with Gasteiger partial charge in [-0.3, -0.25) is 14.4 Å². The van der Waals surface area contributed by atoms with Gasteiger partial charge in [-0.15, -0.1) is 23.2 Å². The zero-order chi connectivity index (χ0) is 36.1. The molecule has 3 aliphatic rings. The van der Waals surface area contributed by atoms with E-state index in [1.807, 2.05) is 41.5 Å². The number of hydrogen-bond acceptors (Lipinski definition) is 9. The topological polar surface area (TPSA) is 180 Å². The van der Waals surface area contributed by atoms with Crippen molar-refractivity contribution in [2.75, 3.05) is 33.2 Å². The number of carbonyl (C=O) groups is 3. The fraction of sp³-hybridized carbons (Fsp3) is 0.914. The van der Waals surface area contributed by atoms with Crippen LogP contribution in [-0.2, 0) is 23.9 Å². The molecule has 0 aromatic heterocycles. The molecule has 0 aromatic carbocycles. The highest BCUT2D eigenvalue weighted by molar-refractivity contribution is 6.21. The molecule has 8 N–H and O–H groups in total. The van der Waals surface area contributed by atoms with Gasteiger partial charge in [0.15, 0.2) is 0 Å². The van der Waals surface area contributed by atoms with Crippen LogP contribution in [0.25, 0.3) is 0 Å². The van der Waals surface area contributed by atoms with Gasteiger partial charge in [-0.05, 0) is 151 Å². The zero-order valence-corrected chi connectivity index (χ0v) is 32.9. The lowest BCUT2D eigenvalue weighted by atomic mass is 9.80. The van der Waals surface area contributed by atoms with Gasteiger partial charge in [0.25, 0.3) is 5.97 Å². The lowest BCUT2D eigenvalue weighted by molar-refractivity contribution is -0.164. The number of aliphatic carboxylic acids is 1. The van der Waals surface area contributed by atoms with Crippen LogP contribution in [0.4, 0.5) is 0 Å². The van der Waals surface area contributed by atoms with Gasteiger partial charge >= 0.3 is 11.9 Å². The summed E-state index contributed by atoms with van der Waals surface area (Å²) in [6.45, 7) is 20.9. The maximum absolute atomic E-state index is 11.9. The van der Waals surface area contributed by atoms with Crippen LogP contribution in [0.1, 0.15) is 127 Å². The molecule has 2 saturated carbocycles. The van der Waals surface area contributed by atoms with Crippen LogP contribution < -0.4 is 17.6 Å². The second kappa shape index (κ2) is 26.7. The van der Waals surface area contributed by atoms with Crippen LogP contribution in [0.5, 0.6) is 0 Å². The van der Waals surface area contributed by atoms with E-state index in [4.69, 9.17) is 54.0 Å². The Bertz CT molecular complexity index is 824. The molecule has 10 nitrogen and oxygen atoms in total. The fourth-order valence-corrected chi connectivity index (χ4v) is 5.92. The smallest absolute Gasteiger partial charge is 0.309 e. The SMILES string of the molecule is CC(=O)O.CC1CC(Cl)CCC1C(=O)OC(C)(C)C.CC1CCC(Cl)CC1C(=O)OC(C)(C)C.CN1CCCC1.N.NCCCCN. The minimum Gasteiger partial charge on any atom is -0.481 e. The largest absolute Gasteiger partial charge is 0.481 e. The second-order valence-corrected chi connectivity index (χ2v) is 16.1. The van der Waals surface area contributed by atoms with Gasteiger partial charge in [0.05, 0.1) is 11.8 Å². The number of halogens is 2. The Labute approximate surface area is 297 Å². The number of esters is 2. The Morgan fingerprint density at radius 1 is 0.745 bits per heavy atom. The van der Waals surface area contributed by atoms with Crippen LogP contribution in [0.2, 0.25) is 0 Å². The molecule has 3 rings (SSSR count). The predicted octanol–water partition coefficient (Wildman–Crippen LogP) is 7.39. The lowest BCUT2D eigenvalue weighted by Gasteiger charge is -2.32. The van der Waals surface area contributed by atoms with Crippen molar-refractivity contribution in [2.24, 2.45) is 35.1 Å². The van der Waals surface area contributed by atoms with E-state index in [0.717, 1.165) is 71.4 Å². The molecule has 1 aliphatic heterocycles. The summed E-state index contributed by atoms with van der Waals surface area (Å²) in [7, 11) is 2.17. The summed E-state index contributed by atoms with van der Waals surface area (Å²) >= 11 is 12.1. The first-order chi connectivity index (χ1) is 21.1. The van der Waals surface area contributed by atoms with E-state index in [2.05, 4.69) is 25.8 Å². The van der Waals surface area contributed by atoms with E-state index in [9.17, 15) is 9.59 Å². The van der Waals surface area contributed by atoms with E-state index in [0.29, 0.717) is 11.8 Å². The predicted molar refractivity (Wildman–Crippen MR) is 196 cm³/mol. The van der Waals surface area contributed by atoms with Gasteiger partial charge in [0.2, 0.25) is 0 Å². The first-order valence-corrected chi connectivity index (χ1v) is 18.0. The quantitative estimate of drug-likeness (QED) is 0.127. The molecule has 3 fully saturated rings. The Hall–Kier alpha value is -1.17. The summed E-state index contributed by atoms with van der Waals surface area (Å²) in [6, 6.07) is 0. The third-order valence-electron chi connectivity index (χ3n) is 7.64. The standard InChI is InChI=1S/2C12H21ClO2.C5H11N.C4H12N2.C2H4O2.H3N/c1-8-7-9(13)5-6-10(8)11(14)15-12(2,3)4;1-8-5-6-9(13)7-10(8)11(14)15-12(2,3)4;1-6-4-2-3-5-6;5-3-1-2-4-6;1-2(3)4;/h2*8-10H,5-7H2,1-4H3;2-5H2,1H3;1-6H2;1H3,(H,3,4);1H3. The van der Waals surface area contributed by atoms with Crippen LogP contribution in [0.15, 0.2) is 0 Å². The highest BCUT2D eigenvalue weighted by Crippen LogP contribution is 2.35. The molecule has 0 radical (unpaired) electrons. The van der Waals surface area contributed by atoms with Crippen molar-refractivity contribution in [3.05, 3.63) is 0 Å². The van der Waals surface area contributed by atoms with Gasteiger partial charge in [0, 0.05) is 17.7 Å². The van der Waals surface area contributed by atoms with Crippen molar-refractivity contribution in [1.82, 2.24) is 11.1 Å². The van der Waals surface area contributed by atoms with Crippen molar-refractivity contribution in [3.63, 3.8) is 0 Å². The van der Waals surface area contributed by atoms with Crippen LogP contribution in [0, 0.1) is 23.7 Å². The van der Waals surface area contributed by atoms with Crippen LogP contribution in [0.3, 0.4) is 0 Å². The summed E-state index contributed by atoms with van der Waals surface area (Å²) in [5, 5.41) is 7.79. The molecular formula is C35H72Cl2N4O6. The highest BCUT2D eigenvalue weighted by atomic mass is 35.5. The number of nitrogens with two attached hydrogens (primary N) is 2. The number of rotatable bonds is 5.